The fourth-order valence-electron chi connectivity index (χ4n) is 3.75. The second-order valence-electron chi connectivity index (χ2n) is 7.31. The second kappa shape index (κ2) is 9.82. The van der Waals surface area contributed by atoms with Gasteiger partial charge in [-0.2, -0.15) is 0 Å². The highest BCUT2D eigenvalue weighted by Crippen LogP contribution is 2.17. The van der Waals surface area contributed by atoms with Gasteiger partial charge in [0.2, 0.25) is 11.8 Å². The number of amides is 2. The molecule has 2 aliphatic rings. The van der Waals surface area contributed by atoms with E-state index in [4.69, 9.17) is 4.74 Å². The van der Waals surface area contributed by atoms with Crippen molar-refractivity contribution in [3.8, 4) is 0 Å². The van der Waals surface area contributed by atoms with Gasteiger partial charge in [0.15, 0.2) is 0 Å². The van der Waals surface area contributed by atoms with Crippen LogP contribution in [0.5, 0.6) is 0 Å². The molecule has 0 bridgehead atoms. The first kappa shape index (κ1) is 19.8. The molecule has 0 unspecified atom stereocenters. The summed E-state index contributed by atoms with van der Waals surface area (Å²) in [4.78, 5) is 28.1. The van der Waals surface area contributed by atoms with Crippen LogP contribution in [-0.2, 0) is 20.9 Å². The molecule has 2 fully saturated rings. The molecule has 2 N–H and O–H groups in total. The van der Waals surface area contributed by atoms with Crippen molar-refractivity contribution in [2.24, 2.45) is 0 Å². The molecule has 27 heavy (non-hydrogen) atoms. The van der Waals surface area contributed by atoms with E-state index in [1.807, 2.05) is 24.3 Å². The lowest BCUT2D eigenvalue weighted by Gasteiger charge is -2.39. The van der Waals surface area contributed by atoms with Crippen LogP contribution in [0.15, 0.2) is 24.3 Å². The first-order chi connectivity index (χ1) is 13.1. The quantitative estimate of drug-likeness (QED) is 0.779. The van der Waals surface area contributed by atoms with E-state index in [0.717, 1.165) is 63.5 Å². The van der Waals surface area contributed by atoms with Gasteiger partial charge in [-0.1, -0.05) is 12.1 Å². The van der Waals surface area contributed by atoms with Crippen molar-refractivity contribution in [2.75, 3.05) is 51.3 Å². The minimum atomic E-state index is -0.0894. The summed E-state index contributed by atoms with van der Waals surface area (Å²) in [5, 5.41) is 5.72. The summed E-state index contributed by atoms with van der Waals surface area (Å²) in [6.07, 6.45) is 2.25. The number of rotatable bonds is 6. The molecule has 148 valence electrons. The summed E-state index contributed by atoms with van der Waals surface area (Å²) in [7, 11) is 0. The number of carbonyl (C=O) groups excluding carboxylic acids is 2. The van der Waals surface area contributed by atoms with Crippen LogP contribution in [0.4, 0.5) is 5.69 Å². The molecule has 0 aromatic heterocycles. The molecule has 2 amide bonds. The topological polar surface area (TPSA) is 73.9 Å². The van der Waals surface area contributed by atoms with E-state index >= 15 is 0 Å². The smallest absolute Gasteiger partial charge is 0.234 e. The van der Waals surface area contributed by atoms with Gasteiger partial charge in [0.05, 0.1) is 19.8 Å². The highest BCUT2D eigenvalue weighted by Gasteiger charge is 2.26. The van der Waals surface area contributed by atoms with Crippen LogP contribution in [0.2, 0.25) is 0 Å². The van der Waals surface area contributed by atoms with Gasteiger partial charge in [0, 0.05) is 51.4 Å². The van der Waals surface area contributed by atoms with Crippen molar-refractivity contribution in [2.45, 2.75) is 32.4 Å². The largest absolute Gasteiger partial charge is 0.379 e. The Morgan fingerprint density at radius 2 is 1.74 bits per heavy atom. The van der Waals surface area contributed by atoms with Gasteiger partial charge in [0.1, 0.15) is 0 Å². The van der Waals surface area contributed by atoms with Crippen LogP contribution in [-0.4, -0.2) is 73.6 Å². The maximum atomic E-state index is 12.2. The van der Waals surface area contributed by atoms with E-state index in [0.29, 0.717) is 19.1 Å². The molecule has 2 saturated heterocycles. The number of benzene rings is 1. The number of nitrogens with one attached hydrogen (secondary N) is 2. The third kappa shape index (κ3) is 6.30. The number of ether oxygens (including phenoxy) is 1. The van der Waals surface area contributed by atoms with Gasteiger partial charge in [0.25, 0.3) is 0 Å². The number of anilines is 1. The zero-order valence-corrected chi connectivity index (χ0v) is 16.1. The van der Waals surface area contributed by atoms with Crippen molar-refractivity contribution in [3.63, 3.8) is 0 Å². The minimum absolute atomic E-state index is 0.0609. The highest BCUT2D eigenvalue weighted by atomic mass is 16.5. The van der Waals surface area contributed by atoms with E-state index in [2.05, 4.69) is 20.4 Å². The van der Waals surface area contributed by atoms with Crippen LogP contribution in [0.1, 0.15) is 25.3 Å². The van der Waals surface area contributed by atoms with E-state index in [1.165, 1.54) is 6.92 Å². The maximum Gasteiger partial charge on any atom is 0.234 e. The molecule has 0 saturated carbocycles. The number of morpholine rings is 1. The molecule has 3 rings (SSSR count). The monoisotopic (exact) mass is 374 g/mol. The number of hydrogen-bond donors (Lipinski definition) is 2. The summed E-state index contributed by atoms with van der Waals surface area (Å²) in [5.74, 6) is -0.0285. The van der Waals surface area contributed by atoms with Gasteiger partial charge in [-0.15, -0.1) is 0 Å². The molecular formula is C20H30N4O3. The average Bonchev–Trinajstić information content (AvgIpc) is 2.68. The Morgan fingerprint density at radius 1 is 1.07 bits per heavy atom. The van der Waals surface area contributed by atoms with Gasteiger partial charge in [-0.25, -0.2) is 0 Å². The Morgan fingerprint density at radius 3 is 2.37 bits per heavy atom. The highest BCUT2D eigenvalue weighted by molar-refractivity contribution is 5.88. The van der Waals surface area contributed by atoms with Crippen LogP contribution < -0.4 is 10.6 Å². The molecular weight excluding hydrogens is 344 g/mol. The molecule has 0 spiro atoms. The summed E-state index contributed by atoms with van der Waals surface area (Å²) in [5.41, 5.74) is 1.78. The van der Waals surface area contributed by atoms with Crippen LogP contribution in [0.25, 0.3) is 0 Å². The number of nitrogens with zero attached hydrogens (tertiary/aromatic N) is 2. The van der Waals surface area contributed by atoms with E-state index in [-0.39, 0.29) is 11.8 Å². The molecule has 0 atom stereocenters. The summed E-state index contributed by atoms with van der Waals surface area (Å²) >= 11 is 0. The third-order valence-electron chi connectivity index (χ3n) is 5.25. The zero-order valence-electron chi connectivity index (χ0n) is 16.1. The lowest BCUT2D eigenvalue weighted by molar-refractivity contribution is -0.123. The first-order valence-electron chi connectivity index (χ1n) is 9.77. The predicted octanol–water partition coefficient (Wildman–Crippen LogP) is 1.06. The van der Waals surface area contributed by atoms with Crippen LogP contribution in [0.3, 0.4) is 0 Å². The Bertz CT molecular complexity index is 621. The van der Waals surface area contributed by atoms with Crippen LogP contribution in [0, 0.1) is 0 Å². The van der Waals surface area contributed by atoms with E-state index in [1.54, 1.807) is 0 Å². The Kier molecular flexibility index (Phi) is 7.20. The third-order valence-corrected chi connectivity index (χ3v) is 5.25. The zero-order chi connectivity index (χ0) is 19.1. The molecule has 1 aromatic rings. The SMILES string of the molecule is CC(=O)Nc1ccc(CNC(=O)CN2CCC(N3CCOCC3)CC2)cc1. The number of piperidine rings is 1. The maximum absolute atomic E-state index is 12.2. The first-order valence-corrected chi connectivity index (χ1v) is 9.77. The molecule has 0 radical (unpaired) electrons. The number of hydrogen-bond acceptors (Lipinski definition) is 5. The second-order valence-corrected chi connectivity index (χ2v) is 7.31. The summed E-state index contributed by atoms with van der Waals surface area (Å²) in [6.45, 7) is 8.14. The van der Waals surface area contributed by atoms with Crippen molar-refractivity contribution in [1.29, 1.82) is 0 Å². The molecule has 1 aromatic carbocycles. The van der Waals surface area contributed by atoms with Gasteiger partial charge in [-0.05, 0) is 30.5 Å². The van der Waals surface area contributed by atoms with E-state index in [9.17, 15) is 9.59 Å². The number of carbonyl (C=O) groups is 2. The van der Waals surface area contributed by atoms with Crippen molar-refractivity contribution in [3.05, 3.63) is 29.8 Å². The normalized spacial score (nSPS) is 19.6. The lowest BCUT2D eigenvalue weighted by Crippen LogP contribution is -2.50. The van der Waals surface area contributed by atoms with E-state index < -0.39 is 0 Å². The Labute approximate surface area is 161 Å². The van der Waals surface area contributed by atoms with Gasteiger partial charge >= 0.3 is 0 Å². The lowest BCUT2D eigenvalue weighted by atomic mass is 10.0. The molecule has 2 heterocycles. The molecule has 2 aliphatic heterocycles. The predicted molar refractivity (Wildman–Crippen MR) is 104 cm³/mol. The fraction of sp³-hybridized carbons (Fsp3) is 0.600. The molecule has 7 heteroatoms. The average molecular weight is 374 g/mol. The Hall–Kier alpha value is -1.96. The molecule has 0 aliphatic carbocycles. The van der Waals surface area contributed by atoms with Gasteiger partial charge < -0.3 is 15.4 Å². The van der Waals surface area contributed by atoms with Crippen molar-refractivity contribution >= 4 is 17.5 Å². The minimum Gasteiger partial charge on any atom is -0.379 e. The number of likely N-dealkylation sites (tertiary alicyclic amines) is 1. The van der Waals surface area contributed by atoms with Crippen molar-refractivity contribution < 1.29 is 14.3 Å². The summed E-state index contributed by atoms with van der Waals surface area (Å²) < 4.78 is 5.43. The molecule has 7 nitrogen and oxygen atoms in total. The standard InChI is InChI=1S/C20H30N4O3/c1-16(25)22-18-4-2-17(3-5-18)14-21-20(26)15-23-8-6-19(7-9-23)24-10-12-27-13-11-24/h2-5,19H,6-15H2,1H3,(H,21,26)(H,22,25). The van der Waals surface area contributed by atoms with Crippen molar-refractivity contribution in [1.82, 2.24) is 15.1 Å². The Balaban J connectivity index is 1.35. The van der Waals surface area contributed by atoms with Gasteiger partial charge in [-0.3, -0.25) is 19.4 Å². The van der Waals surface area contributed by atoms with Crippen LogP contribution >= 0.6 is 0 Å². The fourth-order valence-corrected chi connectivity index (χ4v) is 3.75. The summed E-state index contributed by atoms with van der Waals surface area (Å²) in [6, 6.07) is 8.16.